The second-order valence-corrected chi connectivity index (χ2v) is 15.8. The molecule has 0 saturated heterocycles. The van der Waals surface area contributed by atoms with Crippen molar-refractivity contribution >= 4 is 11.6 Å². The molecule has 0 bridgehead atoms. The Morgan fingerprint density at radius 3 is 2.36 bits per heavy atom. The summed E-state index contributed by atoms with van der Waals surface area (Å²) in [5.41, 5.74) is 5.14. The minimum Gasteiger partial charge on any atom is -0.459 e. The Bertz CT molecular complexity index is 1860. The van der Waals surface area contributed by atoms with Crippen molar-refractivity contribution in [2.75, 3.05) is 33.5 Å². The van der Waals surface area contributed by atoms with Crippen molar-refractivity contribution in [3.63, 3.8) is 0 Å². The van der Waals surface area contributed by atoms with E-state index in [9.17, 15) is 15.0 Å². The lowest BCUT2D eigenvalue weighted by atomic mass is 9.55. The van der Waals surface area contributed by atoms with Crippen LogP contribution in [0.2, 0.25) is 0 Å². The van der Waals surface area contributed by atoms with Crippen LogP contribution < -0.4 is 9.47 Å². The number of ether oxygens (including phenoxy) is 3. The number of allylic oxidation sites excluding steroid dienone is 1. The van der Waals surface area contributed by atoms with Gasteiger partial charge in [-0.15, -0.1) is 6.58 Å². The van der Waals surface area contributed by atoms with Crippen molar-refractivity contribution < 1.29 is 34.1 Å². The minimum atomic E-state index is -1.23. The van der Waals surface area contributed by atoms with Crippen LogP contribution in [-0.2, 0) is 14.4 Å². The third kappa shape index (κ3) is 8.18. The van der Waals surface area contributed by atoms with E-state index < -0.39 is 11.8 Å². The predicted octanol–water partition coefficient (Wildman–Crippen LogP) is 9.06. The van der Waals surface area contributed by atoms with Gasteiger partial charge in [0.2, 0.25) is 11.7 Å². The second kappa shape index (κ2) is 18.2. The van der Waals surface area contributed by atoms with Crippen molar-refractivity contribution in [2.45, 2.75) is 88.9 Å². The molecule has 6 atom stereocenters. The number of carbonyl (C=O) groups is 1. The van der Waals surface area contributed by atoms with Crippen molar-refractivity contribution in [3.05, 3.63) is 103 Å². The van der Waals surface area contributed by atoms with Crippen molar-refractivity contribution in [2.24, 2.45) is 28.8 Å². The number of amides is 1. The van der Waals surface area contributed by atoms with E-state index in [1.165, 1.54) is 0 Å². The van der Waals surface area contributed by atoms with Gasteiger partial charge in [0.1, 0.15) is 30.4 Å². The summed E-state index contributed by atoms with van der Waals surface area (Å²) in [6.45, 7) is 7.23. The van der Waals surface area contributed by atoms with Gasteiger partial charge in [-0.25, -0.2) is 0 Å². The first-order valence-corrected chi connectivity index (χ1v) is 20.7. The summed E-state index contributed by atoms with van der Waals surface area (Å²) in [6, 6.07) is 24.1. The number of aliphatic hydroxyl groups is 2. The molecule has 2 N–H and O–H groups in total. The first kappa shape index (κ1) is 39.8. The van der Waals surface area contributed by atoms with E-state index in [-0.39, 0.29) is 55.3 Å². The lowest BCUT2D eigenvalue weighted by molar-refractivity contribution is -0.257. The summed E-state index contributed by atoms with van der Waals surface area (Å²) in [5, 5.41) is 24.4. The Morgan fingerprint density at radius 1 is 0.964 bits per heavy atom. The zero-order valence-corrected chi connectivity index (χ0v) is 33.0. The molecular formula is C47H58N2O7. The van der Waals surface area contributed by atoms with Gasteiger partial charge in [0.15, 0.2) is 0 Å². The Kier molecular flexibility index (Phi) is 12.9. The summed E-state index contributed by atoms with van der Waals surface area (Å²) >= 11 is 0. The van der Waals surface area contributed by atoms with Crippen LogP contribution in [0.15, 0.2) is 102 Å². The van der Waals surface area contributed by atoms with Crippen LogP contribution in [0, 0.1) is 23.7 Å². The van der Waals surface area contributed by atoms with E-state index in [1.807, 2.05) is 47.4 Å². The summed E-state index contributed by atoms with van der Waals surface area (Å²) in [4.78, 5) is 21.8. The van der Waals surface area contributed by atoms with Gasteiger partial charge in [-0.3, -0.25) is 4.79 Å². The van der Waals surface area contributed by atoms with Crippen molar-refractivity contribution in [3.8, 4) is 28.4 Å². The van der Waals surface area contributed by atoms with Gasteiger partial charge in [0.25, 0.3) is 0 Å². The molecule has 298 valence electrons. The van der Waals surface area contributed by atoms with Gasteiger partial charge >= 0.3 is 0 Å². The van der Waals surface area contributed by atoms with Gasteiger partial charge < -0.3 is 34.2 Å². The maximum absolute atomic E-state index is 14.2. The average Bonchev–Trinajstić information content (AvgIpc) is 4.08. The number of fused-ring (bicyclic) bond motifs is 2. The highest BCUT2D eigenvalue weighted by molar-refractivity contribution is 6.03. The zero-order chi connectivity index (χ0) is 39.1. The molecule has 0 unspecified atom stereocenters. The Labute approximate surface area is 332 Å². The van der Waals surface area contributed by atoms with E-state index in [0.717, 1.165) is 90.8 Å². The SMILES string of the molecule is C=CCO[C@@]12Oc3ccc(Oc4ccc(-c5ccccc5)cc4)cc3[C@H]3[C@H](CCCCO)[C@@H](CCCCO)C=C(C(=NOC)C[C@@H]1N(CCC)C(=O)C1CC1)[C@H]32. The van der Waals surface area contributed by atoms with Crippen LogP contribution >= 0.6 is 0 Å². The Morgan fingerprint density at radius 2 is 1.68 bits per heavy atom. The average molecular weight is 763 g/mol. The van der Waals surface area contributed by atoms with Gasteiger partial charge in [0, 0.05) is 43.6 Å². The molecular weight excluding hydrogens is 705 g/mol. The summed E-state index contributed by atoms with van der Waals surface area (Å²) in [6.07, 6.45) is 12.1. The molecule has 3 aromatic carbocycles. The molecule has 0 spiro atoms. The molecule has 4 aliphatic rings. The maximum atomic E-state index is 14.2. The Balaban J connectivity index is 1.37. The second-order valence-electron chi connectivity index (χ2n) is 15.8. The lowest BCUT2D eigenvalue weighted by Gasteiger charge is -2.60. The largest absolute Gasteiger partial charge is 0.459 e. The third-order valence-corrected chi connectivity index (χ3v) is 12.1. The van der Waals surface area contributed by atoms with E-state index in [0.29, 0.717) is 25.1 Å². The van der Waals surface area contributed by atoms with E-state index >= 15 is 0 Å². The highest BCUT2D eigenvalue weighted by Crippen LogP contribution is 2.62. The smallest absolute Gasteiger partial charge is 0.239 e. The van der Waals surface area contributed by atoms with Crippen molar-refractivity contribution in [1.29, 1.82) is 0 Å². The number of nitrogens with zero attached hydrogens (tertiary/aromatic N) is 2. The summed E-state index contributed by atoms with van der Waals surface area (Å²) in [7, 11) is 1.58. The van der Waals surface area contributed by atoms with Crippen LogP contribution in [0.25, 0.3) is 11.1 Å². The van der Waals surface area contributed by atoms with E-state index in [2.05, 4.69) is 49.9 Å². The molecule has 9 heteroatoms. The number of carbonyl (C=O) groups excluding carboxylic acids is 1. The summed E-state index contributed by atoms with van der Waals surface area (Å²) in [5.74, 6) is 0.956. The molecule has 1 amide bonds. The van der Waals surface area contributed by atoms with Crippen LogP contribution in [0.1, 0.15) is 82.6 Å². The lowest BCUT2D eigenvalue weighted by Crippen LogP contribution is -2.70. The highest BCUT2D eigenvalue weighted by atomic mass is 16.7. The quantitative estimate of drug-likeness (QED) is 0.0713. The molecule has 56 heavy (non-hydrogen) atoms. The van der Waals surface area contributed by atoms with Gasteiger partial charge in [0.05, 0.1) is 18.2 Å². The molecule has 7 rings (SSSR count). The first-order chi connectivity index (χ1) is 27.5. The van der Waals surface area contributed by atoms with Gasteiger partial charge in [-0.2, -0.15) is 0 Å². The highest BCUT2D eigenvalue weighted by Gasteiger charge is 2.65. The van der Waals surface area contributed by atoms with Crippen molar-refractivity contribution in [1.82, 2.24) is 4.90 Å². The standard InChI is InChI=1S/C47H58N2O7/c1-4-25-49(46(52)34-17-18-34)43-31-41(48-53-3)39-29-35(15-9-11-26-50)38(16-10-12-27-51)44-40-30-37(23-24-42(40)56-47(43,45(39)44)54-28-5-2)55-36-21-19-33(20-22-36)32-13-7-6-8-14-32/h5-8,13-14,19-24,29-30,34-35,38,43-45,50-51H,2,4,9-12,15-18,25-28,31H2,1,3H3/t35-,38+,43-,44+,45+,47+/m0/s1. The van der Waals surface area contributed by atoms with E-state index in [4.69, 9.17) is 24.2 Å². The minimum absolute atomic E-state index is 0.0133. The fourth-order valence-electron chi connectivity index (χ4n) is 9.53. The molecule has 2 fully saturated rings. The van der Waals surface area contributed by atoms with Gasteiger partial charge in [-0.05, 0) is 104 Å². The maximum Gasteiger partial charge on any atom is 0.239 e. The number of oxime groups is 1. The third-order valence-electron chi connectivity index (χ3n) is 12.1. The summed E-state index contributed by atoms with van der Waals surface area (Å²) < 4.78 is 20.9. The number of benzene rings is 3. The number of hydrogen-bond donors (Lipinski definition) is 2. The molecule has 2 saturated carbocycles. The zero-order valence-electron chi connectivity index (χ0n) is 33.0. The number of hydrogen-bond acceptors (Lipinski definition) is 8. The monoisotopic (exact) mass is 762 g/mol. The Hall–Kier alpha value is -4.44. The van der Waals surface area contributed by atoms with Crippen LogP contribution in [0.4, 0.5) is 0 Å². The molecule has 0 radical (unpaired) electrons. The first-order valence-electron chi connectivity index (χ1n) is 20.7. The molecule has 3 aliphatic carbocycles. The molecule has 1 aliphatic heterocycles. The van der Waals surface area contributed by atoms with Gasteiger partial charge in [-0.1, -0.05) is 79.5 Å². The van der Waals surface area contributed by atoms with Crippen LogP contribution in [0.3, 0.4) is 0 Å². The fraction of sp³-hybridized carbons (Fsp3) is 0.489. The topological polar surface area (TPSA) is 110 Å². The fourth-order valence-corrected chi connectivity index (χ4v) is 9.53. The number of rotatable bonds is 19. The molecule has 9 nitrogen and oxygen atoms in total. The normalized spacial score (nSPS) is 25.7. The molecule has 1 heterocycles. The van der Waals surface area contributed by atoms with Crippen LogP contribution in [0.5, 0.6) is 17.2 Å². The van der Waals surface area contributed by atoms with E-state index in [1.54, 1.807) is 13.2 Å². The number of aliphatic hydroxyl groups excluding tert-OH is 2. The predicted molar refractivity (Wildman–Crippen MR) is 219 cm³/mol. The van der Waals surface area contributed by atoms with Crippen LogP contribution in [-0.4, -0.2) is 72.0 Å². The molecule has 0 aromatic heterocycles. The molecule has 3 aromatic rings. The number of unbranched alkanes of at least 4 members (excludes halogenated alkanes) is 2.